The van der Waals surface area contributed by atoms with Crippen LogP contribution in [-0.4, -0.2) is 31.0 Å². The number of carbonyl (C=O) groups is 1. The molecule has 11 heteroatoms. The molecule has 2 aromatic rings. The van der Waals surface area contributed by atoms with Crippen LogP contribution in [-0.2, 0) is 9.84 Å². The molecule has 0 radical (unpaired) electrons. The maximum absolute atomic E-state index is 13.7. The van der Waals surface area contributed by atoms with Crippen LogP contribution in [0.4, 0.5) is 18.9 Å². The highest BCUT2D eigenvalue weighted by atomic mass is 35.5. The van der Waals surface area contributed by atoms with Gasteiger partial charge in [-0.15, -0.1) is 5.16 Å². The fourth-order valence-corrected chi connectivity index (χ4v) is 8.36. The quantitative estimate of drug-likeness (QED) is 0.245. The minimum Gasteiger partial charge on any atom is -0.411 e. The molecular formula is C23H22ClF3N2O4S. The SMILES string of the molecule is C[C@H]1C[C@H]2C[C@H](/C=N/O)CC1C2S(=O)(=O)c1cc(C(=O)Nc2cc(F)c(F)c(F)c2)ccc1Cl. The summed E-state index contributed by atoms with van der Waals surface area (Å²) in [5, 5.41) is 13.5. The fraction of sp³-hybridized carbons (Fsp3) is 0.391. The molecule has 0 heterocycles. The van der Waals surface area contributed by atoms with Crippen LogP contribution < -0.4 is 5.32 Å². The van der Waals surface area contributed by atoms with E-state index in [0.29, 0.717) is 31.4 Å². The lowest BCUT2D eigenvalue weighted by Crippen LogP contribution is -2.38. The Balaban J connectivity index is 1.64. The van der Waals surface area contributed by atoms with Gasteiger partial charge in [0.2, 0.25) is 0 Å². The molecule has 2 bridgehead atoms. The Morgan fingerprint density at radius 3 is 2.44 bits per heavy atom. The van der Waals surface area contributed by atoms with Gasteiger partial charge >= 0.3 is 0 Å². The van der Waals surface area contributed by atoms with Gasteiger partial charge in [-0.2, -0.15) is 0 Å². The van der Waals surface area contributed by atoms with Crippen molar-refractivity contribution in [3.8, 4) is 0 Å². The van der Waals surface area contributed by atoms with Crippen LogP contribution in [0.15, 0.2) is 40.4 Å². The summed E-state index contributed by atoms with van der Waals surface area (Å²) in [6, 6.07) is 4.96. The Kier molecular flexibility index (Phi) is 6.65. The summed E-state index contributed by atoms with van der Waals surface area (Å²) in [6.45, 7) is 2.00. The van der Waals surface area contributed by atoms with Crippen LogP contribution in [0.25, 0.3) is 0 Å². The van der Waals surface area contributed by atoms with Crippen molar-refractivity contribution in [3.63, 3.8) is 0 Å². The van der Waals surface area contributed by atoms with Gasteiger partial charge in [0.15, 0.2) is 27.3 Å². The highest BCUT2D eigenvalue weighted by Gasteiger charge is 2.52. The molecule has 0 aliphatic heterocycles. The average molecular weight is 515 g/mol. The van der Waals surface area contributed by atoms with E-state index in [1.54, 1.807) is 0 Å². The third-order valence-electron chi connectivity index (χ3n) is 6.85. The maximum Gasteiger partial charge on any atom is 0.255 e. The van der Waals surface area contributed by atoms with Crippen molar-refractivity contribution in [2.24, 2.45) is 28.8 Å². The lowest BCUT2D eigenvalue weighted by molar-refractivity contribution is 0.102. The van der Waals surface area contributed by atoms with Crippen molar-refractivity contribution in [1.82, 2.24) is 0 Å². The Morgan fingerprint density at radius 1 is 1.15 bits per heavy atom. The number of anilines is 1. The van der Waals surface area contributed by atoms with E-state index >= 15 is 0 Å². The number of sulfone groups is 1. The molecule has 182 valence electrons. The van der Waals surface area contributed by atoms with Crippen LogP contribution >= 0.6 is 11.6 Å². The second-order valence-corrected chi connectivity index (χ2v) is 11.5. The third-order valence-corrected chi connectivity index (χ3v) is 9.69. The van der Waals surface area contributed by atoms with Gasteiger partial charge in [0.1, 0.15) is 0 Å². The van der Waals surface area contributed by atoms with Gasteiger partial charge in [0, 0.05) is 29.6 Å². The number of halogens is 4. The van der Waals surface area contributed by atoms with Crippen molar-refractivity contribution in [2.45, 2.75) is 36.3 Å². The van der Waals surface area contributed by atoms with Crippen molar-refractivity contribution < 1.29 is 31.6 Å². The van der Waals surface area contributed by atoms with E-state index in [4.69, 9.17) is 16.8 Å². The molecule has 2 aliphatic carbocycles. The predicted molar refractivity (Wildman–Crippen MR) is 120 cm³/mol. The second-order valence-electron chi connectivity index (χ2n) is 9.00. The summed E-state index contributed by atoms with van der Waals surface area (Å²) in [4.78, 5) is 12.5. The summed E-state index contributed by atoms with van der Waals surface area (Å²) >= 11 is 6.25. The van der Waals surface area contributed by atoms with Gasteiger partial charge in [-0.05, 0) is 61.1 Å². The molecule has 5 atom stereocenters. The molecule has 6 nitrogen and oxygen atoms in total. The molecule has 0 saturated heterocycles. The van der Waals surface area contributed by atoms with Crippen molar-refractivity contribution in [1.29, 1.82) is 0 Å². The third kappa shape index (κ3) is 4.40. The Morgan fingerprint density at radius 2 is 1.82 bits per heavy atom. The zero-order valence-corrected chi connectivity index (χ0v) is 19.6. The van der Waals surface area contributed by atoms with Gasteiger partial charge < -0.3 is 10.5 Å². The first-order chi connectivity index (χ1) is 16.0. The fourth-order valence-electron chi connectivity index (χ4n) is 5.43. The summed E-state index contributed by atoms with van der Waals surface area (Å²) in [6.07, 6.45) is 3.28. The number of hydrogen-bond donors (Lipinski definition) is 2. The highest BCUT2D eigenvalue weighted by Crippen LogP contribution is 2.52. The number of carbonyl (C=O) groups excluding carboxylic acids is 1. The highest BCUT2D eigenvalue weighted by molar-refractivity contribution is 7.92. The van der Waals surface area contributed by atoms with Crippen LogP contribution in [0.2, 0.25) is 5.02 Å². The van der Waals surface area contributed by atoms with Crippen molar-refractivity contribution in [2.75, 3.05) is 5.32 Å². The first-order valence-electron chi connectivity index (χ1n) is 10.7. The number of rotatable bonds is 5. The zero-order chi connectivity index (χ0) is 24.8. The maximum atomic E-state index is 13.7. The number of nitrogens with one attached hydrogen (secondary N) is 1. The number of oxime groups is 1. The van der Waals surface area contributed by atoms with E-state index in [-0.39, 0.29) is 44.8 Å². The number of amides is 1. The van der Waals surface area contributed by atoms with E-state index in [2.05, 4.69) is 10.5 Å². The molecule has 0 aromatic heterocycles. The number of fused-ring (bicyclic) bond motifs is 2. The minimum absolute atomic E-state index is 0.0134. The molecule has 2 unspecified atom stereocenters. The van der Waals surface area contributed by atoms with E-state index in [0.717, 1.165) is 6.07 Å². The molecule has 0 spiro atoms. The molecule has 2 fully saturated rings. The Bertz CT molecular complexity index is 1250. The molecule has 2 aromatic carbocycles. The molecule has 1 amide bonds. The van der Waals surface area contributed by atoms with E-state index in [1.807, 2.05) is 6.92 Å². The van der Waals surface area contributed by atoms with Crippen LogP contribution in [0.1, 0.15) is 36.5 Å². The summed E-state index contributed by atoms with van der Waals surface area (Å²) in [7, 11) is -3.94. The normalized spacial score (nSPS) is 26.7. The van der Waals surface area contributed by atoms with Crippen LogP contribution in [0.5, 0.6) is 0 Å². The number of benzene rings is 2. The molecular weight excluding hydrogens is 493 g/mol. The largest absolute Gasteiger partial charge is 0.411 e. The molecule has 2 saturated carbocycles. The second kappa shape index (κ2) is 9.22. The topological polar surface area (TPSA) is 95.8 Å². The first-order valence-corrected chi connectivity index (χ1v) is 12.6. The summed E-state index contributed by atoms with van der Waals surface area (Å²) < 4.78 is 67.5. The van der Waals surface area contributed by atoms with Gasteiger partial charge in [-0.1, -0.05) is 18.5 Å². The van der Waals surface area contributed by atoms with Crippen molar-refractivity contribution >= 4 is 39.2 Å². The van der Waals surface area contributed by atoms with Gasteiger partial charge in [-0.3, -0.25) is 4.79 Å². The monoisotopic (exact) mass is 514 g/mol. The lowest BCUT2D eigenvalue weighted by Gasteiger charge is -2.34. The average Bonchev–Trinajstić information content (AvgIpc) is 2.98. The van der Waals surface area contributed by atoms with Crippen LogP contribution in [0, 0.1) is 41.1 Å². The predicted octanol–water partition coefficient (Wildman–Crippen LogP) is 5.29. The van der Waals surface area contributed by atoms with Gasteiger partial charge in [0.25, 0.3) is 5.91 Å². The molecule has 2 N–H and O–H groups in total. The number of hydrogen-bond acceptors (Lipinski definition) is 5. The smallest absolute Gasteiger partial charge is 0.255 e. The van der Waals surface area contributed by atoms with Crippen molar-refractivity contribution in [3.05, 3.63) is 58.4 Å². The summed E-state index contributed by atoms with van der Waals surface area (Å²) in [5.74, 6) is -5.62. The Hall–Kier alpha value is -2.59. The standard InChI is InChI=1S/C23H22ClF3N2O4S/c1-11-4-14-5-12(10-28-31)6-16(11)22(14)34(32,33)20-7-13(2-3-17(20)24)23(30)29-15-8-18(25)21(27)19(26)9-15/h2-3,7-12,14,16,22,31H,4-6H2,1H3,(H,29,30)/b28-10+/t11-,12-,14-,16?,22?/m0/s1. The zero-order valence-electron chi connectivity index (χ0n) is 18.0. The molecule has 34 heavy (non-hydrogen) atoms. The van der Waals surface area contributed by atoms with Crippen LogP contribution in [0.3, 0.4) is 0 Å². The number of nitrogens with zero attached hydrogens (tertiary/aromatic N) is 1. The summed E-state index contributed by atoms with van der Waals surface area (Å²) in [5.41, 5.74) is -0.411. The Labute approximate surface area is 199 Å². The minimum atomic E-state index is -3.94. The van der Waals surface area contributed by atoms with E-state index < -0.39 is 38.4 Å². The molecule has 2 aliphatic rings. The lowest BCUT2D eigenvalue weighted by atomic mass is 9.80. The van der Waals surface area contributed by atoms with E-state index in [1.165, 1.54) is 18.3 Å². The van der Waals surface area contributed by atoms with E-state index in [9.17, 15) is 26.4 Å². The van der Waals surface area contributed by atoms with Gasteiger partial charge in [-0.25, -0.2) is 21.6 Å². The first kappa shape index (κ1) is 24.5. The van der Waals surface area contributed by atoms with Gasteiger partial charge in [0.05, 0.1) is 15.2 Å². The molecule has 4 rings (SSSR count).